The molecule has 3 rings (SSSR count). The number of urea groups is 1. The molecular formula is C18H18N4O4. The SMILES string of the molecule is Cc1cccc(NC(=O)NCC(=O)N2CCc3ccc([N+](=O)[O-])cc32)c1. The number of carbonyl (C=O) groups excluding carboxylic acids is 2. The van der Waals surface area contributed by atoms with E-state index in [0.29, 0.717) is 24.3 Å². The molecule has 8 nitrogen and oxygen atoms in total. The third kappa shape index (κ3) is 3.80. The van der Waals surface area contributed by atoms with Crippen LogP contribution in [0.15, 0.2) is 42.5 Å². The number of hydrogen-bond donors (Lipinski definition) is 2. The number of fused-ring (bicyclic) bond motifs is 1. The summed E-state index contributed by atoms with van der Waals surface area (Å²) in [5.74, 6) is -0.316. The van der Waals surface area contributed by atoms with Crippen molar-refractivity contribution in [1.29, 1.82) is 0 Å². The van der Waals surface area contributed by atoms with E-state index in [1.165, 1.54) is 17.0 Å². The summed E-state index contributed by atoms with van der Waals surface area (Å²) < 4.78 is 0. The van der Waals surface area contributed by atoms with Crippen molar-refractivity contribution in [3.8, 4) is 0 Å². The number of rotatable bonds is 4. The lowest BCUT2D eigenvalue weighted by molar-refractivity contribution is -0.384. The second-order valence-electron chi connectivity index (χ2n) is 6.04. The van der Waals surface area contributed by atoms with Crippen molar-refractivity contribution >= 4 is 29.0 Å². The van der Waals surface area contributed by atoms with Gasteiger partial charge in [-0.25, -0.2) is 4.79 Å². The Morgan fingerprint density at radius 2 is 2.04 bits per heavy atom. The van der Waals surface area contributed by atoms with Crippen LogP contribution in [-0.4, -0.2) is 30.0 Å². The fourth-order valence-corrected chi connectivity index (χ4v) is 2.89. The molecule has 0 saturated carbocycles. The van der Waals surface area contributed by atoms with E-state index in [4.69, 9.17) is 0 Å². The van der Waals surface area contributed by atoms with E-state index in [0.717, 1.165) is 11.1 Å². The van der Waals surface area contributed by atoms with Crippen molar-refractivity contribution in [2.45, 2.75) is 13.3 Å². The average Bonchev–Trinajstić information content (AvgIpc) is 3.03. The highest BCUT2D eigenvalue weighted by Gasteiger charge is 2.26. The lowest BCUT2D eigenvalue weighted by Crippen LogP contribution is -2.41. The standard InChI is InChI=1S/C18H18N4O4/c1-12-3-2-4-14(9-12)20-18(24)19-11-17(23)21-8-7-13-5-6-15(22(25)26)10-16(13)21/h2-6,9-10H,7-8,11H2,1H3,(H2,19,20,24). The van der Waals surface area contributed by atoms with Crippen molar-refractivity contribution in [1.82, 2.24) is 5.32 Å². The lowest BCUT2D eigenvalue weighted by atomic mass is 10.1. The Hall–Kier alpha value is -3.42. The van der Waals surface area contributed by atoms with Gasteiger partial charge in [0.15, 0.2) is 0 Å². The average molecular weight is 354 g/mol. The molecule has 0 aliphatic carbocycles. The molecule has 8 heteroatoms. The van der Waals surface area contributed by atoms with Crippen LogP contribution in [0.4, 0.5) is 21.9 Å². The zero-order valence-electron chi connectivity index (χ0n) is 14.2. The second-order valence-corrected chi connectivity index (χ2v) is 6.04. The zero-order valence-corrected chi connectivity index (χ0v) is 14.2. The topological polar surface area (TPSA) is 105 Å². The molecule has 3 amide bonds. The fraction of sp³-hybridized carbons (Fsp3) is 0.222. The molecule has 134 valence electrons. The Morgan fingerprint density at radius 1 is 1.23 bits per heavy atom. The number of nitrogens with zero attached hydrogens (tertiary/aromatic N) is 2. The van der Waals surface area contributed by atoms with Gasteiger partial charge < -0.3 is 15.5 Å². The summed E-state index contributed by atoms with van der Waals surface area (Å²) in [6, 6.07) is 11.3. The molecule has 0 unspecified atom stereocenters. The Labute approximate surface area is 150 Å². The largest absolute Gasteiger partial charge is 0.329 e. The maximum Gasteiger partial charge on any atom is 0.319 e. The molecule has 0 saturated heterocycles. The fourth-order valence-electron chi connectivity index (χ4n) is 2.89. The molecule has 0 radical (unpaired) electrons. The van der Waals surface area contributed by atoms with Crippen molar-refractivity contribution in [2.75, 3.05) is 23.3 Å². The van der Waals surface area contributed by atoms with Gasteiger partial charge in [0.2, 0.25) is 5.91 Å². The van der Waals surface area contributed by atoms with Gasteiger partial charge in [0.05, 0.1) is 17.2 Å². The molecular weight excluding hydrogens is 336 g/mol. The predicted octanol–water partition coefficient (Wildman–Crippen LogP) is 2.61. The highest BCUT2D eigenvalue weighted by molar-refractivity contribution is 6.00. The van der Waals surface area contributed by atoms with Crippen LogP contribution in [0.1, 0.15) is 11.1 Å². The minimum Gasteiger partial charge on any atom is -0.329 e. The quantitative estimate of drug-likeness (QED) is 0.650. The molecule has 0 bridgehead atoms. The number of anilines is 2. The van der Waals surface area contributed by atoms with Crippen molar-refractivity contribution < 1.29 is 14.5 Å². The maximum atomic E-state index is 12.4. The molecule has 0 atom stereocenters. The molecule has 0 aromatic heterocycles. The van der Waals surface area contributed by atoms with E-state index in [2.05, 4.69) is 10.6 Å². The van der Waals surface area contributed by atoms with Crippen LogP contribution in [0.5, 0.6) is 0 Å². The number of benzene rings is 2. The third-order valence-electron chi connectivity index (χ3n) is 4.15. The van der Waals surface area contributed by atoms with Gasteiger partial charge in [0.25, 0.3) is 5.69 Å². The number of carbonyl (C=O) groups is 2. The van der Waals surface area contributed by atoms with E-state index < -0.39 is 11.0 Å². The molecule has 26 heavy (non-hydrogen) atoms. The first-order chi connectivity index (χ1) is 12.4. The van der Waals surface area contributed by atoms with Gasteiger partial charge in [-0.15, -0.1) is 0 Å². The Bertz CT molecular complexity index is 881. The van der Waals surface area contributed by atoms with Crippen LogP contribution in [0.3, 0.4) is 0 Å². The second kappa shape index (κ2) is 7.22. The summed E-state index contributed by atoms with van der Waals surface area (Å²) in [6.07, 6.45) is 0.633. The zero-order chi connectivity index (χ0) is 18.7. The molecule has 2 N–H and O–H groups in total. The highest BCUT2D eigenvalue weighted by atomic mass is 16.6. The van der Waals surface area contributed by atoms with Crippen LogP contribution in [0.25, 0.3) is 0 Å². The number of nitro groups is 1. The molecule has 0 spiro atoms. The number of amides is 3. The molecule has 2 aromatic rings. The number of aryl methyl sites for hydroxylation is 1. The summed E-state index contributed by atoms with van der Waals surface area (Å²) >= 11 is 0. The first-order valence-electron chi connectivity index (χ1n) is 8.13. The van der Waals surface area contributed by atoms with Crippen molar-refractivity contribution in [3.05, 3.63) is 63.7 Å². The van der Waals surface area contributed by atoms with Gasteiger partial charge in [0.1, 0.15) is 0 Å². The molecule has 0 fully saturated rings. The predicted molar refractivity (Wildman–Crippen MR) is 97.4 cm³/mol. The maximum absolute atomic E-state index is 12.4. The smallest absolute Gasteiger partial charge is 0.319 e. The summed E-state index contributed by atoms with van der Waals surface area (Å²) in [6.45, 7) is 2.16. The molecule has 1 aliphatic rings. The van der Waals surface area contributed by atoms with Crippen LogP contribution in [0, 0.1) is 17.0 Å². The summed E-state index contributed by atoms with van der Waals surface area (Å²) in [5.41, 5.74) is 3.00. The summed E-state index contributed by atoms with van der Waals surface area (Å²) in [4.78, 5) is 36.3. The number of nitrogens with one attached hydrogen (secondary N) is 2. The van der Waals surface area contributed by atoms with Crippen LogP contribution in [0.2, 0.25) is 0 Å². The van der Waals surface area contributed by atoms with Gasteiger partial charge in [0, 0.05) is 24.4 Å². The highest BCUT2D eigenvalue weighted by Crippen LogP contribution is 2.31. The number of nitro benzene ring substituents is 1. The first-order valence-corrected chi connectivity index (χ1v) is 8.13. The van der Waals surface area contributed by atoms with E-state index in [9.17, 15) is 19.7 Å². The summed E-state index contributed by atoms with van der Waals surface area (Å²) in [5, 5.41) is 16.1. The third-order valence-corrected chi connectivity index (χ3v) is 4.15. The summed E-state index contributed by atoms with van der Waals surface area (Å²) in [7, 11) is 0. The molecule has 1 heterocycles. The van der Waals surface area contributed by atoms with Gasteiger partial charge >= 0.3 is 6.03 Å². The van der Waals surface area contributed by atoms with Crippen LogP contribution < -0.4 is 15.5 Å². The molecule has 1 aliphatic heterocycles. The van der Waals surface area contributed by atoms with E-state index in [-0.39, 0.29) is 18.1 Å². The van der Waals surface area contributed by atoms with E-state index in [1.54, 1.807) is 12.1 Å². The van der Waals surface area contributed by atoms with Crippen LogP contribution in [-0.2, 0) is 11.2 Å². The normalized spacial score (nSPS) is 12.4. The van der Waals surface area contributed by atoms with Gasteiger partial charge in [-0.2, -0.15) is 0 Å². The molecule has 2 aromatic carbocycles. The Morgan fingerprint density at radius 3 is 2.77 bits per heavy atom. The Balaban J connectivity index is 1.60. The lowest BCUT2D eigenvalue weighted by Gasteiger charge is -2.17. The van der Waals surface area contributed by atoms with E-state index >= 15 is 0 Å². The van der Waals surface area contributed by atoms with Crippen molar-refractivity contribution in [3.63, 3.8) is 0 Å². The Kier molecular flexibility index (Phi) is 4.83. The van der Waals surface area contributed by atoms with E-state index in [1.807, 2.05) is 25.1 Å². The first kappa shape index (κ1) is 17.4. The van der Waals surface area contributed by atoms with Gasteiger partial charge in [-0.05, 0) is 36.6 Å². The van der Waals surface area contributed by atoms with Gasteiger partial charge in [-0.1, -0.05) is 18.2 Å². The van der Waals surface area contributed by atoms with Gasteiger partial charge in [-0.3, -0.25) is 14.9 Å². The van der Waals surface area contributed by atoms with Crippen molar-refractivity contribution in [2.24, 2.45) is 0 Å². The van der Waals surface area contributed by atoms with Crippen LogP contribution >= 0.6 is 0 Å². The number of hydrogen-bond acceptors (Lipinski definition) is 4. The minimum atomic E-state index is -0.491. The number of non-ortho nitro benzene ring substituents is 1. The monoisotopic (exact) mass is 354 g/mol. The minimum absolute atomic E-state index is 0.0615.